The summed E-state index contributed by atoms with van der Waals surface area (Å²) in [4.78, 5) is 13.5. The number of ketones is 1. The number of fused-ring (bicyclic) bond motifs is 1. The number of methoxy groups -OCH3 is 1. The van der Waals surface area contributed by atoms with Gasteiger partial charge in [0, 0.05) is 34.4 Å². The van der Waals surface area contributed by atoms with Crippen LogP contribution >= 0.6 is 11.6 Å². The third-order valence-electron chi connectivity index (χ3n) is 5.42. The monoisotopic (exact) mass is 459 g/mol. The Hall–Kier alpha value is -4.04. The van der Waals surface area contributed by atoms with Gasteiger partial charge in [0.05, 0.1) is 12.7 Å². The van der Waals surface area contributed by atoms with Gasteiger partial charge in [0.25, 0.3) is 17.6 Å². The van der Waals surface area contributed by atoms with Gasteiger partial charge in [-0.3, -0.25) is 4.79 Å². The van der Waals surface area contributed by atoms with Gasteiger partial charge in [0.1, 0.15) is 11.4 Å². The first-order valence-corrected chi connectivity index (χ1v) is 10.5. The molecule has 0 fully saturated rings. The molecule has 0 bridgehead atoms. The number of hydrogen-bond donors (Lipinski definition) is 0. The predicted octanol–water partition coefficient (Wildman–Crippen LogP) is 4.73. The zero-order valence-corrected chi connectivity index (χ0v) is 18.6. The zero-order valence-electron chi connectivity index (χ0n) is 17.8. The Labute approximate surface area is 193 Å². The average Bonchev–Trinajstić information content (AvgIpc) is 3.44. The molecule has 0 N–H and O–H groups in total. The van der Waals surface area contributed by atoms with Crippen molar-refractivity contribution >= 4 is 28.3 Å². The SMILES string of the molecule is COc1ccc2c(c1)c(C(=O)c1nnc(-c3cccnn3)o1)c(C)n2Cc1ccc(Cl)cc1. The Balaban J connectivity index is 1.61. The van der Waals surface area contributed by atoms with Crippen molar-refractivity contribution in [2.75, 3.05) is 7.11 Å². The predicted molar refractivity (Wildman–Crippen MR) is 123 cm³/mol. The highest BCUT2D eigenvalue weighted by atomic mass is 35.5. The molecule has 2 aromatic carbocycles. The van der Waals surface area contributed by atoms with Crippen LogP contribution in [0.15, 0.2) is 65.2 Å². The normalized spacial score (nSPS) is 11.1. The van der Waals surface area contributed by atoms with E-state index < -0.39 is 0 Å². The van der Waals surface area contributed by atoms with Crippen LogP contribution < -0.4 is 4.74 Å². The maximum atomic E-state index is 13.5. The van der Waals surface area contributed by atoms with Crippen molar-refractivity contribution in [1.82, 2.24) is 25.0 Å². The van der Waals surface area contributed by atoms with Gasteiger partial charge in [-0.25, -0.2) is 0 Å². The minimum absolute atomic E-state index is 0.118. The van der Waals surface area contributed by atoms with E-state index in [0.717, 1.165) is 22.2 Å². The Bertz CT molecular complexity index is 1460. The highest BCUT2D eigenvalue weighted by molar-refractivity contribution is 6.30. The number of ether oxygens (including phenoxy) is 1. The van der Waals surface area contributed by atoms with Crippen LogP contribution in [0.1, 0.15) is 27.5 Å². The van der Waals surface area contributed by atoms with Crippen molar-refractivity contribution in [3.63, 3.8) is 0 Å². The average molecular weight is 460 g/mol. The zero-order chi connectivity index (χ0) is 22.9. The largest absolute Gasteiger partial charge is 0.497 e. The molecular formula is C24H18ClN5O3. The first-order chi connectivity index (χ1) is 16.0. The number of carbonyl (C=O) groups is 1. The molecule has 0 saturated heterocycles. The minimum Gasteiger partial charge on any atom is -0.497 e. The van der Waals surface area contributed by atoms with Crippen LogP contribution in [0, 0.1) is 6.92 Å². The molecule has 3 aromatic heterocycles. The van der Waals surface area contributed by atoms with Gasteiger partial charge in [-0.2, -0.15) is 5.10 Å². The van der Waals surface area contributed by atoms with Crippen LogP contribution in [0.4, 0.5) is 0 Å². The second-order valence-electron chi connectivity index (χ2n) is 7.41. The molecule has 5 aromatic rings. The molecule has 0 aliphatic carbocycles. The lowest BCUT2D eigenvalue weighted by Gasteiger charge is -2.09. The minimum atomic E-state index is -0.372. The van der Waals surface area contributed by atoms with Crippen LogP contribution in [-0.2, 0) is 6.54 Å². The number of halogens is 1. The van der Waals surface area contributed by atoms with Crippen LogP contribution in [0.5, 0.6) is 5.75 Å². The van der Waals surface area contributed by atoms with Crippen molar-refractivity contribution in [3.05, 3.63) is 88.5 Å². The van der Waals surface area contributed by atoms with Crippen molar-refractivity contribution < 1.29 is 13.9 Å². The molecule has 33 heavy (non-hydrogen) atoms. The van der Waals surface area contributed by atoms with Crippen molar-refractivity contribution in [2.45, 2.75) is 13.5 Å². The molecule has 0 unspecified atom stereocenters. The van der Waals surface area contributed by atoms with Crippen molar-refractivity contribution in [1.29, 1.82) is 0 Å². The molecule has 164 valence electrons. The summed E-state index contributed by atoms with van der Waals surface area (Å²) in [6.07, 6.45) is 1.54. The third-order valence-corrected chi connectivity index (χ3v) is 5.67. The summed E-state index contributed by atoms with van der Waals surface area (Å²) < 4.78 is 13.1. The Morgan fingerprint density at radius 2 is 1.91 bits per heavy atom. The summed E-state index contributed by atoms with van der Waals surface area (Å²) in [6.45, 7) is 2.46. The molecule has 0 aliphatic heterocycles. The lowest BCUT2D eigenvalue weighted by atomic mass is 10.1. The molecule has 0 radical (unpaired) electrons. The van der Waals surface area contributed by atoms with Gasteiger partial charge in [-0.05, 0) is 55.0 Å². The first-order valence-electron chi connectivity index (χ1n) is 10.1. The molecule has 8 nitrogen and oxygen atoms in total. The van der Waals surface area contributed by atoms with E-state index in [1.807, 2.05) is 49.4 Å². The molecule has 0 atom stereocenters. The summed E-state index contributed by atoms with van der Waals surface area (Å²) in [7, 11) is 1.59. The molecule has 0 amide bonds. The highest BCUT2D eigenvalue weighted by Crippen LogP contribution is 2.32. The summed E-state index contributed by atoms with van der Waals surface area (Å²) in [5.74, 6) is 0.285. The maximum Gasteiger partial charge on any atom is 0.289 e. The van der Waals surface area contributed by atoms with Gasteiger partial charge in [0.2, 0.25) is 0 Å². The first kappa shape index (κ1) is 20.8. The second-order valence-corrected chi connectivity index (χ2v) is 7.84. The van der Waals surface area contributed by atoms with Gasteiger partial charge in [0.15, 0.2) is 0 Å². The number of carbonyl (C=O) groups excluding carboxylic acids is 1. The number of hydrogen-bond acceptors (Lipinski definition) is 7. The van der Waals surface area contributed by atoms with E-state index in [0.29, 0.717) is 28.6 Å². The summed E-state index contributed by atoms with van der Waals surface area (Å²) in [5, 5.41) is 17.1. The molecule has 0 aliphatic rings. The summed E-state index contributed by atoms with van der Waals surface area (Å²) >= 11 is 6.04. The molecule has 0 saturated carbocycles. The lowest BCUT2D eigenvalue weighted by Crippen LogP contribution is -2.06. The number of nitrogens with zero attached hydrogens (tertiary/aromatic N) is 5. The summed E-state index contributed by atoms with van der Waals surface area (Å²) in [5.41, 5.74) is 3.59. The molecule has 3 heterocycles. The Kier molecular flexibility index (Phi) is 5.35. The fourth-order valence-corrected chi connectivity index (χ4v) is 3.92. The topological polar surface area (TPSA) is 95.9 Å². The Morgan fingerprint density at radius 3 is 2.64 bits per heavy atom. The van der Waals surface area contributed by atoms with Crippen LogP contribution in [0.2, 0.25) is 5.02 Å². The van der Waals surface area contributed by atoms with Crippen molar-refractivity contribution in [3.8, 4) is 17.3 Å². The van der Waals surface area contributed by atoms with Crippen LogP contribution in [0.3, 0.4) is 0 Å². The van der Waals surface area contributed by atoms with Gasteiger partial charge in [-0.1, -0.05) is 23.7 Å². The number of aromatic nitrogens is 5. The Morgan fingerprint density at radius 1 is 1.09 bits per heavy atom. The fourth-order valence-electron chi connectivity index (χ4n) is 3.79. The standard InChI is InChI=1S/C24H18ClN5O3/c1-14-21(22(31)24-29-28-23(33-24)19-4-3-11-26-27-19)18-12-17(32-2)9-10-20(18)30(14)13-15-5-7-16(25)8-6-15/h3-12H,13H2,1-2H3. The van der Waals surface area contributed by atoms with Crippen molar-refractivity contribution in [2.24, 2.45) is 0 Å². The van der Waals surface area contributed by atoms with E-state index in [9.17, 15) is 4.79 Å². The second kappa shape index (κ2) is 8.48. The molecule has 0 spiro atoms. The van der Waals surface area contributed by atoms with Crippen LogP contribution in [-0.4, -0.2) is 37.9 Å². The molecular weight excluding hydrogens is 442 g/mol. The lowest BCUT2D eigenvalue weighted by molar-refractivity contribution is 0.100. The summed E-state index contributed by atoms with van der Waals surface area (Å²) in [6, 6.07) is 16.7. The van der Waals surface area contributed by atoms with E-state index in [4.69, 9.17) is 20.8 Å². The highest BCUT2D eigenvalue weighted by Gasteiger charge is 2.26. The van der Waals surface area contributed by atoms with Gasteiger partial charge >= 0.3 is 0 Å². The van der Waals surface area contributed by atoms with E-state index in [1.54, 1.807) is 19.2 Å². The van der Waals surface area contributed by atoms with E-state index in [-0.39, 0.29) is 17.6 Å². The molecule has 9 heteroatoms. The number of benzene rings is 2. The quantitative estimate of drug-likeness (QED) is 0.338. The van der Waals surface area contributed by atoms with E-state index in [2.05, 4.69) is 25.0 Å². The van der Waals surface area contributed by atoms with Gasteiger partial charge in [-0.15, -0.1) is 15.3 Å². The number of rotatable bonds is 6. The van der Waals surface area contributed by atoms with E-state index in [1.165, 1.54) is 6.20 Å². The fraction of sp³-hybridized carbons (Fsp3) is 0.125. The maximum absolute atomic E-state index is 13.5. The smallest absolute Gasteiger partial charge is 0.289 e. The van der Waals surface area contributed by atoms with Gasteiger partial charge < -0.3 is 13.7 Å². The van der Waals surface area contributed by atoms with E-state index >= 15 is 0 Å². The third kappa shape index (κ3) is 3.85. The molecule has 5 rings (SSSR count). The van der Waals surface area contributed by atoms with Crippen LogP contribution in [0.25, 0.3) is 22.5 Å².